The highest BCUT2D eigenvalue weighted by atomic mass is 79.9. The molecule has 2 aromatic heterocycles. The summed E-state index contributed by atoms with van der Waals surface area (Å²) in [5.74, 6) is 1.47. The fourth-order valence-corrected chi connectivity index (χ4v) is 3.78. The van der Waals surface area contributed by atoms with Gasteiger partial charge in [-0.2, -0.15) is 0 Å². The Kier molecular flexibility index (Phi) is 4.43. The fraction of sp³-hybridized carbons (Fsp3) is 0.529. The fourth-order valence-electron chi connectivity index (χ4n) is 3.46. The number of aromatic nitrogens is 2. The molecule has 0 spiro atoms. The predicted octanol–water partition coefficient (Wildman–Crippen LogP) is 5.02. The van der Waals surface area contributed by atoms with Crippen molar-refractivity contribution in [3.8, 4) is 0 Å². The molecule has 3 rings (SSSR count). The highest BCUT2D eigenvalue weighted by Gasteiger charge is 2.27. The smallest absolute Gasteiger partial charge is 0.112 e. The maximum atomic E-state index is 4.54. The second kappa shape index (κ2) is 6.30. The van der Waals surface area contributed by atoms with Crippen molar-refractivity contribution in [2.24, 2.45) is 11.8 Å². The summed E-state index contributed by atoms with van der Waals surface area (Å²) in [5, 5.41) is 3.76. The van der Waals surface area contributed by atoms with Crippen molar-refractivity contribution < 1.29 is 0 Å². The summed E-state index contributed by atoms with van der Waals surface area (Å²) in [6, 6.07) is 4.62. The molecular weight excluding hydrogens is 326 g/mol. The molecule has 1 fully saturated rings. The monoisotopic (exact) mass is 347 g/mol. The number of anilines is 1. The van der Waals surface area contributed by atoms with Crippen molar-refractivity contribution in [3.63, 3.8) is 0 Å². The minimum Gasteiger partial charge on any atom is -0.380 e. The number of pyridine rings is 2. The number of halogens is 1. The van der Waals surface area contributed by atoms with Crippen molar-refractivity contribution in [1.82, 2.24) is 9.97 Å². The quantitative estimate of drug-likeness (QED) is 0.846. The van der Waals surface area contributed by atoms with Crippen LogP contribution in [-0.2, 0) is 0 Å². The minimum absolute atomic E-state index is 0.551. The topological polar surface area (TPSA) is 37.8 Å². The van der Waals surface area contributed by atoms with Crippen LogP contribution in [0.5, 0.6) is 0 Å². The van der Waals surface area contributed by atoms with Crippen LogP contribution in [0.1, 0.15) is 39.5 Å². The lowest BCUT2D eigenvalue weighted by molar-refractivity contribution is 0.254. The summed E-state index contributed by atoms with van der Waals surface area (Å²) in [6.07, 6.45) is 8.98. The number of nitrogens with zero attached hydrogens (tertiary/aromatic N) is 2. The van der Waals surface area contributed by atoms with Crippen LogP contribution in [0, 0.1) is 11.8 Å². The molecule has 112 valence electrons. The van der Waals surface area contributed by atoms with Crippen molar-refractivity contribution in [2.75, 3.05) is 5.32 Å². The molecule has 0 aliphatic heterocycles. The van der Waals surface area contributed by atoms with Gasteiger partial charge in [-0.1, -0.05) is 26.7 Å². The molecule has 21 heavy (non-hydrogen) atoms. The van der Waals surface area contributed by atoms with Gasteiger partial charge in [0.15, 0.2) is 0 Å². The van der Waals surface area contributed by atoms with E-state index in [1.807, 2.05) is 18.5 Å². The molecule has 2 aromatic rings. The van der Waals surface area contributed by atoms with E-state index in [1.165, 1.54) is 25.7 Å². The molecule has 0 radical (unpaired) electrons. The van der Waals surface area contributed by atoms with Crippen LogP contribution >= 0.6 is 15.9 Å². The summed E-state index contributed by atoms with van der Waals surface area (Å²) < 4.78 is 0.970. The Balaban J connectivity index is 1.90. The molecule has 0 amide bonds. The Labute approximate surface area is 134 Å². The number of hydrogen-bond acceptors (Lipinski definition) is 3. The Bertz CT molecular complexity index is 626. The summed E-state index contributed by atoms with van der Waals surface area (Å²) in [6.45, 7) is 4.68. The molecule has 2 heterocycles. The van der Waals surface area contributed by atoms with Crippen molar-refractivity contribution >= 4 is 32.7 Å². The minimum atomic E-state index is 0.551. The van der Waals surface area contributed by atoms with E-state index >= 15 is 0 Å². The van der Waals surface area contributed by atoms with Gasteiger partial charge in [-0.3, -0.25) is 9.97 Å². The molecule has 1 saturated carbocycles. The van der Waals surface area contributed by atoms with E-state index in [0.29, 0.717) is 6.04 Å². The van der Waals surface area contributed by atoms with Crippen LogP contribution in [0.3, 0.4) is 0 Å². The van der Waals surface area contributed by atoms with Crippen LogP contribution < -0.4 is 5.32 Å². The normalized spacial score (nSPS) is 22.7. The van der Waals surface area contributed by atoms with E-state index in [0.717, 1.165) is 33.0 Å². The Morgan fingerprint density at radius 2 is 2.05 bits per heavy atom. The first-order chi connectivity index (χ1) is 10.1. The molecule has 3 nitrogen and oxygen atoms in total. The van der Waals surface area contributed by atoms with Gasteiger partial charge in [0, 0.05) is 22.9 Å². The van der Waals surface area contributed by atoms with Gasteiger partial charge in [0.25, 0.3) is 0 Å². The molecule has 0 bridgehead atoms. The Morgan fingerprint density at radius 1 is 1.24 bits per heavy atom. The van der Waals surface area contributed by atoms with Gasteiger partial charge in [0.1, 0.15) is 5.52 Å². The molecule has 2 atom stereocenters. The highest BCUT2D eigenvalue weighted by molar-refractivity contribution is 9.10. The van der Waals surface area contributed by atoms with E-state index < -0.39 is 0 Å². The number of hydrogen-bond donors (Lipinski definition) is 1. The zero-order valence-electron chi connectivity index (χ0n) is 12.6. The lowest BCUT2D eigenvalue weighted by Gasteiger charge is -2.35. The third-order valence-electron chi connectivity index (χ3n) is 4.56. The molecular formula is C17H22BrN3. The average molecular weight is 348 g/mol. The van der Waals surface area contributed by atoms with Gasteiger partial charge >= 0.3 is 0 Å². The average Bonchev–Trinajstić information content (AvgIpc) is 2.47. The zero-order valence-corrected chi connectivity index (χ0v) is 14.2. The lowest BCUT2D eigenvalue weighted by Crippen LogP contribution is -2.35. The standard InChI is InChI=1S/C17H22BrN3/c1-11(2)13-5-3-4-6-14(13)21-15-7-8-19-16-9-12(18)10-20-17(15)16/h7-11,13-14H,3-6H2,1-2H3,(H,19,21). The second-order valence-corrected chi connectivity index (χ2v) is 7.24. The third-order valence-corrected chi connectivity index (χ3v) is 4.99. The molecule has 1 aliphatic rings. The molecule has 0 aromatic carbocycles. The van der Waals surface area contributed by atoms with Gasteiger partial charge in [-0.15, -0.1) is 0 Å². The Hall–Kier alpha value is -1.16. The molecule has 2 unspecified atom stereocenters. The highest BCUT2D eigenvalue weighted by Crippen LogP contribution is 2.33. The maximum Gasteiger partial charge on any atom is 0.112 e. The van der Waals surface area contributed by atoms with E-state index in [-0.39, 0.29) is 0 Å². The number of rotatable bonds is 3. The summed E-state index contributed by atoms with van der Waals surface area (Å²) in [5.41, 5.74) is 3.02. The van der Waals surface area contributed by atoms with E-state index in [4.69, 9.17) is 0 Å². The Morgan fingerprint density at radius 3 is 2.86 bits per heavy atom. The SMILES string of the molecule is CC(C)C1CCCCC1Nc1ccnc2cc(Br)cnc12. The summed E-state index contributed by atoms with van der Waals surface area (Å²) in [4.78, 5) is 8.96. The van der Waals surface area contributed by atoms with Gasteiger partial charge in [-0.25, -0.2) is 0 Å². The third kappa shape index (κ3) is 3.20. The molecule has 1 N–H and O–H groups in total. The van der Waals surface area contributed by atoms with Gasteiger partial charge < -0.3 is 5.32 Å². The first kappa shape index (κ1) is 14.8. The van der Waals surface area contributed by atoms with Crippen LogP contribution in [0.4, 0.5) is 5.69 Å². The van der Waals surface area contributed by atoms with Crippen molar-refractivity contribution in [2.45, 2.75) is 45.6 Å². The van der Waals surface area contributed by atoms with E-state index in [1.54, 1.807) is 0 Å². The van der Waals surface area contributed by atoms with Crippen LogP contribution in [0.25, 0.3) is 11.0 Å². The first-order valence-electron chi connectivity index (χ1n) is 7.82. The molecule has 0 saturated heterocycles. The second-order valence-electron chi connectivity index (χ2n) is 6.32. The van der Waals surface area contributed by atoms with Crippen LogP contribution in [-0.4, -0.2) is 16.0 Å². The molecule has 1 aliphatic carbocycles. The summed E-state index contributed by atoms with van der Waals surface area (Å²) in [7, 11) is 0. The van der Waals surface area contributed by atoms with E-state index in [9.17, 15) is 0 Å². The van der Waals surface area contributed by atoms with Gasteiger partial charge in [0.05, 0.1) is 11.2 Å². The van der Waals surface area contributed by atoms with Gasteiger partial charge in [-0.05, 0) is 52.7 Å². The maximum absolute atomic E-state index is 4.54. The number of nitrogens with one attached hydrogen (secondary N) is 1. The van der Waals surface area contributed by atoms with Crippen molar-refractivity contribution in [1.29, 1.82) is 0 Å². The number of fused-ring (bicyclic) bond motifs is 1. The van der Waals surface area contributed by atoms with Crippen molar-refractivity contribution in [3.05, 3.63) is 29.0 Å². The zero-order chi connectivity index (χ0) is 14.8. The first-order valence-corrected chi connectivity index (χ1v) is 8.61. The summed E-state index contributed by atoms with van der Waals surface area (Å²) >= 11 is 3.46. The van der Waals surface area contributed by atoms with Gasteiger partial charge in [0.2, 0.25) is 0 Å². The largest absolute Gasteiger partial charge is 0.380 e. The molecule has 4 heteroatoms. The van der Waals surface area contributed by atoms with E-state index in [2.05, 4.69) is 51.1 Å². The lowest BCUT2D eigenvalue weighted by atomic mass is 9.78. The van der Waals surface area contributed by atoms with Crippen LogP contribution in [0.15, 0.2) is 29.0 Å². The predicted molar refractivity (Wildman–Crippen MR) is 91.4 cm³/mol. The van der Waals surface area contributed by atoms with Crippen LogP contribution in [0.2, 0.25) is 0 Å².